The van der Waals surface area contributed by atoms with Crippen molar-refractivity contribution in [3.63, 3.8) is 0 Å². The Morgan fingerprint density at radius 2 is 1.90 bits per heavy atom. The molecule has 0 spiro atoms. The quantitative estimate of drug-likeness (QED) is 0.417. The SMILES string of the molecule is COc1cccc(Cn2cc(C)c3ccc(C(=O)Nc4c(Cl)cncc4Cl)cc32)c1. The van der Waals surface area contributed by atoms with Crippen LogP contribution in [0.15, 0.2) is 61.1 Å². The van der Waals surface area contributed by atoms with Crippen LogP contribution < -0.4 is 10.1 Å². The number of aryl methyl sites for hydroxylation is 1. The molecular formula is C23H19Cl2N3O2. The van der Waals surface area contributed by atoms with E-state index in [0.29, 0.717) is 17.8 Å². The van der Waals surface area contributed by atoms with Crippen LogP contribution in [-0.2, 0) is 6.54 Å². The second-order valence-electron chi connectivity index (χ2n) is 6.96. The van der Waals surface area contributed by atoms with Gasteiger partial charge in [0.2, 0.25) is 0 Å². The molecule has 30 heavy (non-hydrogen) atoms. The molecule has 0 saturated carbocycles. The minimum Gasteiger partial charge on any atom is -0.497 e. The zero-order valence-electron chi connectivity index (χ0n) is 16.4. The summed E-state index contributed by atoms with van der Waals surface area (Å²) in [5.74, 6) is 0.519. The Morgan fingerprint density at radius 1 is 1.13 bits per heavy atom. The van der Waals surface area contributed by atoms with Crippen LogP contribution in [0.1, 0.15) is 21.5 Å². The number of nitrogens with zero attached hydrogens (tertiary/aromatic N) is 2. The van der Waals surface area contributed by atoms with Crippen molar-refractivity contribution in [2.24, 2.45) is 0 Å². The maximum absolute atomic E-state index is 12.8. The van der Waals surface area contributed by atoms with Gasteiger partial charge in [0.05, 0.1) is 22.8 Å². The van der Waals surface area contributed by atoms with E-state index in [9.17, 15) is 4.79 Å². The maximum atomic E-state index is 12.8. The number of hydrogen-bond donors (Lipinski definition) is 1. The largest absolute Gasteiger partial charge is 0.497 e. The fourth-order valence-electron chi connectivity index (χ4n) is 3.43. The molecule has 0 fully saturated rings. The van der Waals surface area contributed by atoms with E-state index >= 15 is 0 Å². The van der Waals surface area contributed by atoms with E-state index in [0.717, 1.165) is 27.8 Å². The van der Waals surface area contributed by atoms with Gasteiger partial charge in [0.25, 0.3) is 5.91 Å². The molecule has 0 radical (unpaired) electrons. The van der Waals surface area contributed by atoms with Crippen LogP contribution in [0.5, 0.6) is 5.75 Å². The Morgan fingerprint density at radius 3 is 2.63 bits per heavy atom. The van der Waals surface area contributed by atoms with Gasteiger partial charge in [0, 0.05) is 41.6 Å². The second-order valence-corrected chi connectivity index (χ2v) is 7.77. The number of halogens is 2. The molecule has 1 amide bonds. The number of hydrogen-bond acceptors (Lipinski definition) is 3. The summed E-state index contributed by atoms with van der Waals surface area (Å²) in [6, 6.07) is 13.6. The number of anilines is 1. The van der Waals surface area contributed by atoms with E-state index in [2.05, 4.69) is 28.0 Å². The average molecular weight is 440 g/mol. The number of rotatable bonds is 5. The van der Waals surface area contributed by atoms with Gasteiger partial charge in [-0.2, -0.15) is 0 Å². The zero-order valence-corrected chi connectivity index (χ0v) is 18.0. The molecule has 4 rings (SSSR count). The van der Waals surface area contributed by atoms with Crippen molar-refractivity contribution < 1.29 is 9.53 Å². The number of aromatic nitrogens is 2. The van der Waals surface area contributed by atoms with Gasteiger partial charge in [-0.05, 0) is 42.3 Å². The Bertz CT molecular complexity index is 1230. The summed E-state index contributed by atoms with van der Waals surface area (Å²) in [5.41, 5.74) is 4.07. The van der Waals surface area contributed by atoms with Crippen molar-refractivity contribution in [2.75, 3.05) is 12.4 Å². The Labute approximate surface area is 184 Å². The average Bonchev–Trinajstić information content (AvgIpc) is 3.05. The molecule has 5 nitrogen and oxygen atoms in total. The highest BCUT2D eigenvalue weighted by molar-refractivity contribution is 6.39. The lowest BCUT2D eigenvalue weighted by molar-refractivity contribution is 0.102. The van der Waals surface area contributed by atoms with E-state index in [1.165, 1.54) is 12.4 Å². The third-order valence-electron chi connectivity index (χ3n) is 4.92. The van der Waals surface area contributed by atoms with Crippen LogP contribution in [0, 0.1) is 6.92 Å². The minimum atomic E-state index is -0.293. The predicted molar refractivity (Wildman–Crippen MR) is 121 cm³/mol. The first-order valence-electron chi connectivity index (χ1n) is 9.29. The van der Waals surface area contributed by atoms with Gasteiger partial charge >= 0.3 is 0 Å². The fourth-order valence-corrected chi connectivity index (χ4v) is 3.89. The van der Waals surface area contributed by atoms with Crippen LogP contribution in [-0.4, -0.2) is 22.6 Å². The molecular weight excluding hydrogens is 421 g/mol. The van der Waals surface area contributed by atoms with Crippen molar-refractivity contribution in [2.45, 2.75) is 13.5 Å². The minimum absolute atomic E-state index is 0.286. The highest BCUT2D eigenvalue weighted by Crippen LogP contribution is 2.30. The molecule has 1 N–H and O–H groups in total. The highest BCUT2D eigenvalue weighted by Gasteiger charge is 2.14. The second kappa shape index (κ2) is 8.38. The molecule has 4 aromatic rings. The van der Waals surface area contributed by atoms with Crippen molar-refractivity contribution in [3.05, 3.63) is 87.8 Å². The van der Waals surface area contributed by atoms with Crippen LogP contribution >= 0.6 is 23.2 Å². The van der Waals surface area contributed by atoms with Gasteiger partial charge in [0.1, 0.15) is 5.75 Å². The smallest absolute Gasteiger partial charge is 0.255 e. The molecule has 2 aromatic heterocycles. The van der Waals surface area contributed by atoms with E-state index in [-0.39, 0.29) is 16.0 Å². The Hall–Kier alpha value is -3.02. The van der Waals surface area contributed by atoms with Crippen molar-refractivity contribution >= 4 is 45.7 Å². The van der Waals surface area contributed by atoms with Gasteiger partial charge in [-0.1, -0.05) is 41.4 Å². The normalized spacial score (nSPS) is 10.9. The van der Waals surface area contributed by atoms with Gasteiger partial charge in [-0.15, -0.1) is 0 Å². The lowest BCUT2D eigenvalue weighted by Crippen LogP contribution is -2.13. The number of amides is 1. The van der Waals surface area contributed by atoms with Crippen molar-refractivity contribution in [3.8, 4) is 5.75 Å². The number of carbonyl (C=O) groups is 1. The lowest BCUT2D eigenvalue weighted by Gasteiger charge is -2.10. The molecule has 0 saturated heterocycles. The predicted octanol–water partition coefficient (Wildman–Crippen LogP) is 5.96. The first kappa shape index (κ1) is 20.3. The number of ether oxygens (including phenoxy) is 1. The van der Waals surface area contributed by atoms with Gasteiger partial charge in [-0.3, -0.25) is 9.78 Å². The third kappa shape index (κ3) is 3.99. The van der Waals surface area contributed by atoms with E-state index in [4.69, 9.17) is 27.9 Å². The number of benzene rings is 2. The molecule has 0 unspecified atom stereocenters. The highest BCUT2D eigenvalue weighted by atomic mass is 35.5. The van der Waals surface area contributed by atoms with Crippen molar-refractivity contribution in [1.29, 1.82) is 0 Å². The molecule has 2 heterocycles. The van der Waals surface area contributed by atoms with Crippen LogP contribution in [0.25, 0.3) is 10.9 Å². The topological polar surface area (TPSA) is 56.1 Å². The number of carbonyl (C=O) groups excluding carboxylic acids is 1. The zero-order chi connectivity index (χ0) is 21.3. The molecule has 0 atom stereocenters. The monoisotopic (exact) mass is 439 g/mol. The van der Waals surface area contributed by atoms with Crippen molar-refractivity contribution in [1.82, 2.24) is 9.55 Å². The first-order valence-corrected chi connectivity index (χ1v) is 10.0. The number of methoxy groups -OCH3 is 1. The van der Waals surface area contributed by atoms with Crippen LogP contribution in [0.4, 0.5) is 5.69 Å². The Kier molecular flexibility index (Phi) is 5.66. The molecule has 0 bridgehead atoms. The summed E-state index contributed by atoms with van der Waals surface area (Å²) in [4.78, 5) is 16.8. The molecule has 152 valence electrons. The van der Waals surface area contributed by atoms with E-state index in [1.54, 1.807) is 13.2 Å². The summed E-state index contributed by atoms with van der Waals surface area (Å²) in [5, 5.41) is 4.45. The molecule has 2 aromatic carbocycles. The summed E-state index contributed by atoms with van der Waals surface area (Å²) in [6.07, 6.45) is 4.96. The molecule has 7 heteroatoms. The third-order valence-corrected chi connectivity index (χ3v) is 5.50. The van der Waals surface area contributed by atoms with Crippen LogP contribution in [0.3, 0.4) is 0 Å². The summed E-state index contributed by atoms with van der Waals surface area (Å²) >= 11 is 12.2. The maximum Gasteiger partial charge on any atom is 0.255 e. The number of nitrogens with one attached hydrogen (secondary N) is 1. The fraction of sp³-hybridized carbons (Fsp3) is 0.130. The molecule has 0 aliphatic rings. The van der Waals surface area contributed by atoms with Crippen LogP contribution in [0.2, 0.25) is 10.0 Å². The summed E-state index contributed by atoms with van der Waals surface area (Å²) in [7, 11) is 1.65. The Balaban J connectivity index is 1.67. The molecule has 0 aliphatic carbocycles. The van der Waals surface area contributed by atoms with Gasteiger partial charge < -0.3 is 14.6 Å². The summed E-state index contributed by atoms with van der Waals surface area (Å²) in [6.45, 7) is 2.72. The van der Waals surface area contributed by atoms with E-state index in [1.807, 2.05) is 36.4 Å². The lowest BCUT2D eigenvalue weighted by atomic mass is 10.1. The number of fused-ring (bicyclic) bond motifs is 1. The van der Waals surface area contributed by atoms with Gasteiger partial charge in [-0.25, -0.2) is 0 Å². The van der Waals surface area contributed by atoms with Gasteiger partial charge in [0.15, 0.2) is 0 Å². The summed E-state index contributed by atoms with van der Waals surface area (Å²) < 4.78 is 7.45. The first-order chi connectivity index (χ1) is 14.5. The van der Waals surface area contributed by atoms with E-state index < -0.39 is 0 Å². The standard InChI is InChI=1S/C23H19Cl2N3O2/c1-14-12-28(13-15-4-3-5-17(8-15)30-2)21-9-16(6-7-18(14)21)23(29)27-22-19(24)10-26-11-20(22)25/h3-12H,13H2,1-2H3,(H,26,27,29). The number of pyridine rings is 1. The molecule has 0 aliphatic heterocycles.